The van der Waals surface area contributed by atoms with Crippen LogP contribution in [0.5, 0.6) is 0 Å². The number of halogens is 1. The van der Waals surface area contributed by atoms with Crippen LogP contribution in [0.25, 0.3) is 0 Å². The Labute approximate surface area is 148 Å². The van der Waals surface area contributed by atoms with E-state index in [1.807, 2.05) is 4.90 Å². The van der Waals surface area contributed by atoms with Crippen molar-refractivity contribution >= 4 is 17.6 Å². The maximum absolute atomic E-state index is 13.0. The molecule has 0 radical (unpaired) electrons. The lowest BCUT2D eigenvalue weighted by molar-refractivity contribution is -0.131. The predicted octanol–water partition coefficient (Wildman–Crippen LogP) is 1.22. The second kappa shape index (κ2) is 9.66. The van der Waals surface area contributed by atoms with Gasteiger partial charge in [-0.3, -0.25) is 9.79 Å². The molecule has 0 saturated carbocycles. The molecule has 1 fully saturated rings. The van der Waals surface area contributed by atoms with E-state index in [2.05, 4.69) is 27.1 Å². The highest BCUT2D eigenvalue weighted by Crippen LogP contribution is 2.17. The third-order valence-electron chi connectivity index (χ3n) is 4.09. The molecule has 0 bridgehead atoms. The number of carbonyl (C=O) groups is 1. The van der Waals surface area contributed by atoms with Crippen LogP contribution in [0.3, 0.4) is 0 Å². The molecule has 1 aliphatic heterocycles. The Balaban J connectivity index is 1.72. The number of nitrogens with zero attached hydrogens (tertiary/aromatic N) is 3. The Hall–Kier alpha value is -2.57. The Morgan fingerprint density at radius 1 is 1.24 bits per heavy atom. The normalized spacial score (nSPS) is 15.0. The van der Waals surface area contributed by atoms with Crippen LogP contribution >= 0.6 is 0 Å². The molecular formula is C18H26FN5O. The molecular weight excluding hydrogens is 321 g/mol. The van der Waals surface area contributed by atoms with E-state index in [9.17, 15) is 9.18 Å². The van der Waals surface area contributed by atoms with Crippen molar-refractivity contribution in [3.63, 3.8) is 0 Å². The molecule has 136 valence electrons. The van der Waals surface area contributed by atoms with Gasteiger partial charge in [0, 0.05) is 58.4 Å². The Morgan fingerprint density at radius 2 is 1.92 bits per heavy atom. The van der Waals surface area contributed by atoms with Crippen LogP contribution in [-0.4, -0.2) is 63.1 Å². The summed E-state index contributed by atoms with van der Waals surface area (Å²) in [4.78, 5) is 20.4. The summed E-state index contributed by atoms with van der Waals surface area (Å²) in [5, 5.41) is 6.17. The van der Waals surface area contributed by atoms with Crippen molar-refractivity contribution in [1.82, 2.24) is 15.5 Å². The number of amides is 1. The van der Waals surface area contributed by atoms with Crippen molar-refractivity contribution in [3.8, 4) is 0 Å². The number of hydrogen-bond acceptors (Lipinski definition) is 3. The summed E-state index contributed by atoms with van der Waals surface area (Å²) < 4.78 is 13.0. The highest BCUT2D eigenvalue weighted by molar-refractivity contribution is 5.81. The van der Waals surface area contributed by atoms with E-state index < -0.39 is 0 Å². The molecule has 0 unspecified atom stereocenters. The van der Waals surface area contributed by atoms with Gasteiger partial charge in [0.25, 0.3) is 0 Å². The number of carbonyl (C=O) groups excluding carboxylic acids is 1. The van der Waals surface area contributed by atoms with Gasteiger partial charge in [-0.15, -0.1) is 6.58 Å². The first-order valence-electron chi connectivity index (χ1n) is 8.47. The van der Waals surface area contributed by atoms with E-state index in [1.54, 1.807) is 25.3 Å². The second-order valence-electron chi connectivity index (χ2n) is 5.76. The van der Waals surface area contributed by atoms with Gasteiger partial charge in [0.15, 0.2) is 5.96 Å². The molecule has 0 aliphatic carbocycles. The van der Waals surface area contributed by atoms with Crippen LogP contribution in [-0.2, 0) is 4.79 Å². The van der Waals surface area contributed by atoms with Crippen molar-refractivity contribution < 1.29 is 9.18 Å². The van der Waals surface area contributed by atoms with Crippen LogP contribution < -0.4 is 15.5 Å². The number of benzene rings is 1. The van der Waals surface area contributed by atoms with Crippen LogP contribution in [0.15, 0.2) is 41.9 Å². The number of rotatable bonds is 6. The quantitative estimate of drug-likeness (QED) is 0.461. The van der Waals surface area contributed by atoms with E-state index in [0.717, 1.165) is 18.8 Å². The van der Waals surface area contributed by atoms with E-state index in [1.165, 1.54) is 12.1 Å². The summed E-state index contributed by atoms with van der Waals surface area (Å²) in [5.74, 6) is 0.557. The fourth-order valence-electron chi connectivity index (χ4n) is 2.70. The molecule has 7 heteroatoms. The maximum Gasteiger partial charge on any atom is 0.224 e. The Bertz CT molecular complexity index is 594. The first-order chi connectivity index (χ1) is 12.1. The molecule has 25 heavy (non-hydrogen) atoms. The van der Waals surface area contributed by atoms with E-state index in [-0.39, 0.29) is 11.7 Å². The zero-order valence-corrected chi connectivity index (χ0v) is 14.7. The molecule has 1 aromatic carbocycles. The minimum Gasteiger partial charge on any atom is -0.368 e. The van der Waals surface area contributed by atoms with Gasteiger partial charge >= 0.3 is 0 Å². The van der Waals surface area contributed by atoms with Gasteiger partial charge < -0.3 is 20.4 Å². The van der Waals surface area contributed by atoms with Crippen LogP contribution in [0, 0.1) is 5.82 Å². The second-order valence-corrected chi connectivity index (χ2v) is 5.76. The van der Waals surface area contributed by atoms with Crippen LogP contribution in [0.1, 0.15) is 6.42 Å². The third kappa shape index (κ3) is 5.77. The van der Waals surface area contributed by atoms with E-state index >= 15 is 0 Å². The van der Waals surface area contributed by atoms with Gasteiger partial charge in [0.2, 0.25) is 5.91 Å². The number of nitrogens with one attached hydrogen (secondary N) is 2. The summed E-state index contributed by atoms with van der Waals surface area (Å²) in [6, 6.07) is 6.48. The molecule has 1 aromatic rings. The van der Waals surface area contributed by atoms with Gasteiger partial charge in [-0.2, -0.15) is 0 Å². The van der Waals surface area contributed by atoms with Crippen molar-refractivity contribution in [2.45, 2.75) is 6.42 Å². The van der Waals surface area contributed by atoms with Crippen molar-refractivity contribution in [1.29, 1.82) is 0 Å². The average Bonchev–Trinajstić information content (AvgIpc) is 2.65. The molecule has 2 N–H and O–H groups in total. The van der Waals surface area contributed by atoms with Gasteiger partial charge in [-0.1, -0.05) is 6.08 Å². The minimum atomic E-state index is -0.234. The molecule has 2 rings (SSSR count). The number of anilines is 1. The molecule has 6 nitrogen and oxygen atoms in total. The summed E-state index contributed by atoms with van der Waals surface area (Å²) in [6.07, 6.45) is 2.17. The lowest BCUT2D eigenvalue weighted by Gasteiger charge is -2.36. The third-order valence-corrected chi connectivity index (χ3v) is 4.09. The van der Waals surface area contributed by atoms with E-state index in [4.69, 9.17) is 0 Å². The number of guanidine groups is 1. The lowest BCUT2D eigenvalue weighted by Crippen LogP contribution is -2.49. The summed E-state index contributed by atoms with van der Waals surface area (Å²) in [5.41, 5.74) is 0.993. The molecule has 1 heterocycles. The minimum absolute atomic E-state index is 0.130. The largest absolute Gasteiger partial charge is 0.368 e. The summed E-state index contributed by atoms with van der Waals surface area (Å²) in [6.45, 7) is 7.67. The summed E-state index contributed by atoms with van der Waals surface area (Å²) in [7, 11) is 1.69. The van der Waals surface area contributed by atoms with Crippen molar-refractivity contribution in [2.75, 3.05) is 51.2 Å². The topological polar surface area (TPSA) is 60.0 Å². The lowest BCUT2D eigenvalue weighted by atomic mass is 10.2. The molecule has 1 amide bonds. The smallest absolute Gasteiger partial charge is 0.224 e. The van der Waals surface area contributed by atoms with Crippen molar-refractivity contribution in [3.05, 3.63) is 42.7 Å². The van der Waals surface area contributed by atoms with Gasteiger partial charge in [0.05, 0.1) is 0 Å². The highest BCUT2D eigenvalue weighted by atomic mass is 19.1. The SMILES string of the molecule is C=CCNC(=NC)NCCC(=O)N1CCN(c2ccc(F)cc2)CC1. The number of piperazine rings is 1. The van der Waals surface area contributed by atoms with Crippen LogP contribution in [0.4, 0.5) is 10.1 Å². The van der Waals surface area contributed by atoms with Gasteiger partial charge in [-0.25, -0.2) is 4.39 Å². The summed E-state index contributed by atoms with van der Waals surface area (Å²) >= 11 is 0. The number of hydrogen-bond donors (Lipinski definition) is 2. The fraction of sp³-hybridized carbons (Fsp3) is 0.444. The van der Waals surface area contributed by atoms with Gasteiger partial charge in [-0.05, 0) is 24.3 Å². The van der Waals surface area contributed by atoms with Gasteiger partial charge in [0.1, 0.15) is 5.82 Å². The number of aliphatic imine (C=N–C) groups is 1. The molecule has 1 saturated heterocycles. The van der Waals surface area contributed by atoms with Crippen LogP contribution in [0.2, 0.25) is 0 Å². The Morgan fingerprint density at radius 3 is 2.52 bits per heavy atom. The Kier molecular flexibility index (Phi) is 7.25. The first-order valence-corrected chi connectivity index (χ1v) is 8.47. The maximum atomic E-state index is 13.0. The zero-order valence-electron chi connectivity index (χ0n) is 14.7. The monoisotopic (exact) mass is 347 g/mol. The average molecular weight is 347 g/mol. The zero-order chi connectivity index (χ0) is 18.1. The first kappa shape index (κ1) is 18.8. The molecule has 1 aliphatic rings. The molecule has 0 atom stereocenters. The molecule has 0 aromatic heterocycles. The standard InChI is InChI=1S/C18H26FN5O/c1-3-9-21-18(20-2)22-10-8-17(25)24-13-11-23(12-14-24)16-6-4-15(19)5-7-16/h3-7H,1,8-14H2,2H3,(H2,20,21,22). The fourth-order valence-corrected chi connectivity index (χ4v) is 2.70. The van der Waals surface area contributed by atoms with Crippen molar-refractivity contribution in [2.24, 2.45) is 4.99 Å². The van der Waals surface area contributed by atoms with E-state index in [0.29, 0.717) is 38.6 Å². The molecule has 0 spiro atoms. The highest BCUT2D eigenvalue weighted by Gasteiger charge is 2.21. The predicted molar refractivity (Wildman–Crippen MR) is 99.4 cm³/mol.